The number of benzene rings is 2. The predicted molar refractivity (Wildman–Crippen MR) is 88.6 cm³/mol. The molecule has 0 bridgehead atoms. The van der Waals surface area contributed by atoms with Crippen LogP contribution in [0.5, 0.6) is 5.75 Å². The Kier molecular flexibility index (Phi) is 7.03. The van der Waals surface area contributed by atoms with E-state index in [4.69, 9.17) is 4.74 Å². The van der Waals surface area contributed by atoms with E-state index in [-0.39, 0.29) is 5.78 Å². The number of ether oxygens (including phenoxy) is 1. The Morgan fingerprint density at radius 1 is 0.864 bits per heavy atom. The third kappa shape index (κ3) is 4.85. The standard InChI is InChI=1S/C17H16O3.C2H6/c1-3-13-4-6-15(7-5-13)17(19)20-16-10-8-14(9-11-16)12(2)18;1-2/h4-11H,3H2,1-2H3;1-2H3. The van der Waals surface area contributed by atoms with Crippen molar-refractivity contribution in [3.63, 3.8) is 0 Å². The summed E-state index contributed by atoms with van der Waals surface area (Å²) >= 11 is 0. The van der Waals surface area contributed by atoms with Crippen LogP contribution in [0.15, 0.2) is 48.5 Å². The second-order valence-corrected chi connectivity index (χ2v) is 4.52. The minimum atomic E-state index is -0.400. The molecule has 0 aliphatic carbocycles. The maximum Gasteiger partial charge on any atom is 0.343 e. The molecule has 0 heterocycles. The summed E-state index contributed by atoms with van der Waals surface area (Å²) in [6.07, 6.45) is 0.932. The molecule has 2 rings (SSSR count). The Hall–Kier alpha value is -2.42. The molecule has 0 radical (unpaired) electrons. The van der Waals surface area contributed by atoms with Crippen LogP contribution in [0.4, 0.5) is 0 Å². The lowest BCUT2D eigenvalue weighted by Crippen LogP contribution is -2.08. The average molecular weight is 298 g/mol. The van der Waals surface area contributed by atoms with Gasteiger partial charge in [-0.25, -0.2) is 4.79 Å². The van der Waals surface area contributed by atoms with Gasteiger partial charge in [0.1, 0.15) is 5.75 Å². The molecule has 0 aliphatic rings. The van der Waals surface area contributed by atoms with Crippen molar-refractivity contribution in [2.45, 2.75) is 34.1 Å². The molecule has 0 spiro atoms. The van der Waals surface area contributed by atoms with Crippen molar-refractivity contribution < 1.29 is 14.3 Å². The van der Waals surface area contributed by atoms with Gasteiger partial charge in [-0.2, -0.15) is 0 Å². The summed E-state index contributed by atoms with van der Waals surface area (Å²) in [4.78, 5) is 23.1. The van der Waals surface area contributed by atoms with Gasteiger partial charge in [-0.15, -0.1) is 0 Å². The van der Waals surface area contributed by atoms with Crippen molar-refractivity contribution in [2.75, 3.05) is 0 Å². The quantitative estimate of drug-likeness (QED) is 0.467. The van der Waals surface area contributed by atoms with E-state index < -0.39 is 5.97 Å². The van der Waals surface area contributed by atoms with Crippen molar-refractivity contribution >= 4 is 11.8 Å². The number of aryl methyl sites for hydroxylation is 1. The van der Waals surface area contributed by atoms with Crippen LogP contribution in [-0.2, 0) is 6.42 Å². The zero-order chi connectivity index (χ0) is 16.5. The first-order valence-corrected chi connectivity index (χ1v) is 7.52. The third-order valence-corrected chi connectivity index (χ3v) is 3.07. The number of carbonyl (C=O) groups is 2. The maximum atomic E-state index is 11.9. The third-order valence-electron chi connectivity index (χ3n) is 3.07. The highest BCUT2D eigenvalue weighted by molar-refractivity contribution is 5.94. The molecule has 0 N–H and O–H groups in total. The number of hydrogen-bond acceptors (Lipinski definition) is 3. The molecule has 2 aromatic carbocycles. The average Bonchev–Trinajstić information content (AvgIpc) is 2.57. The molecule has 0 aromatic heterocycles. The van der Waals surface area contributed by atoms with Gasteiger partial charge in [-0.3, -0.25) is 4.79 Å². The number of ketones is 1. The fraction of sp³-hybridized carbons (Fsp3) is 0.263. The Morgan fingerprint density at radius 3 is 1.82 bits per heavy atom. The van der Waals surface area contributed by atoms with Gasteiger partial charge in [0, 0.05) is 5.56 Å². The van der Waals surface area contributed by atoms with E-state index in [1.54, 1.807) is 36.4 Å². The van der Waals surface area contributed by atoms with Gasteiger partial charge >= 0.3 is 5.97 Å². The summed E-state index contributed by atoms with van der Waals surface area (Å²) in [6, 6.07) is 13.9. The molecule has 22 heavy (non-hydrogen) atoms. The molecule has 0 saturated heterocycles. The van der Waals surface area contributed by atoms with Crippen LogP contribution >= 0.6 is 0 Å². The van der Waals surface area contributed by atoms with E-state index in [1.165, 1.54) is 12.5 Å². The van der Waals surface area contributed by atoms with Crippen LogP contribution in [0.2, 0.25) is 0 Å². The smallest absolute Gasteiger partial charge is 0.343 e. The molecule has 3 heteroatoms. The van der Waals surface area contributed by atoms with Gasteiger partial charge in [-0.05, 0) is 55.3 Å². The normalized spacial score (nSPS) is 9.45. The van der Waals surface area contributed by atoms with Gasteiger partial charge in [0.05, 0.1) is 5.56 Å². The Morgan fingerprint density at radius 2 is 1.36 bits per heavy atom. The first-order chi connectivity index (χ1) is 10.6. The summed E-state index contributed by atoms with van der Waals surface area (Å²) < 4.78 is 5.26. The lowest BCUT2D eigenvalue weighted by Gasteiger charge is -2.05. The lowest BCUT2D eigenvalue weighted by atomic mass is 10.1. The number of hydrogen-bond donors (Lipinski definition) is 0. The van der Waals surface area contributed by atoms with E-state index >= 15 is 0 Å². The van der Waals surface area contributed by atoms with Gasteiger partial charge < -0.3 is 4.74 Å². The number of rotatable bonds is 4. The summed E-state index contributed by atoms with van der Waals surface area (Å²) in [7, 11) is 0. The molecule has 0 unspecified atom stereocenters. The molecule has 0 fully saturated rings. The van der Waals surface area contributed by atoms with Gasteiger partial charge in [-0.1, -0.05) is 32.9 Å². The van der Waals surface area contributed by atoms with Gasteiger partial charge in [0.25, 0.3) is 0 Å². The van der Waals surface area contributed by atoms with Crippen molar-refractivity contribution in [3.05, 3.63) is 65.2 Å². The fourth-order valence-corrected chi connectivity index (χ4v) is 1.80. The first-order valence-electron chi connectivity index (χ1n) is 7.52. The first kappa shape index (κ1) is 17.6. The van der Waals surface area contributed by atoms with Crippen LogP contribution in [0.25, 0.3) is 0 Å². The number of carbonyl (C=O) groups excluding carboxylic acids is 2. The van der Waals surface area contributed by atoms with E-state index in [0.717, 1.165) is 6.42 Å². The maximum absolute atomic E-state index is 11.9. The van der Waals surface area contributed by atoms with E-state index in [0.29, 0.717) is 16.9 Å². The number of esters is 1. The molecule has 3 nitrogen and oxygen atoms in total. The van der Waals surface area contributed by atoms with Crippen LogP contribution < -0.4 is 4.74 Å². The molecular formula is C19H22O3. The highest BCUT2D eigenvalue weighted by atomic mass is 16.5. The van der Waals surface area contributed by atoms with E-state index in [2.05, 4.69) is 6.92 Å². The Balaban J connectivity index is 0.00000116. The highest BCUT2D eigenvalue weighted by Gasteiger charge is 2.08. The monoisotopic (exact) mass is 298 g/mol. The fourth-order valence-electron chi connectivity index (χ4n) is 1.80. The van der Waals surface area contributed by atoms with Gasteiger partial charge in [0.15, 0.2) is 5.78 Å². The second-order valence-electron chi connectivity index (χ2n) is 4.52. The molecule has 2 aromatic rings. The molecule has 116 valence electrons. The van der Waals surface area contributed by atoms with Crippen LogP contribution in [0.1, 0.15) is 54.0 Å². The van der Waals surface area contributed by atoms with Crippen molar-refractivity contribution in [3.8, 4) is 5.75 Å². The van der Waals surface area contributed by atoms with Crippen molar-refractivity contribution in [2.24, 2.45) is 0 Å². The summed E-state index contributed by atoms with van der Waals surface area (Å²) in [5.74, 6) is 0.0147. The molecule has 0 aliphatic heterocycles. The molecule has 0 saturated carbocycles. The zero-order valence-electron chi connectivity index (χ0n) is 13.6. The molecule has 0 amide bonds. The van der Waals surface area contributed by atoms with Crippen LogP contribution in [0, 0.1) is 0 Å². The van der Waals surface area contributed by atoms with E-state index in [9.17, 15) is 9.59 Å². The van der Waals surface area contributed by atoms with Crippen LogP contribution in [0.3, 0.4) is 0 Å². The minimum Gasteiger partial charge on any atom is -0.423 e. The van der Waals surface area contributed by atoms with Crippen LogP contribution in [-0.4, -0.2) is 11.8 Å². The van der Waals surface area contributed by atoms with Crippen molar-refractivity contribution in [1.29, 1.82) is 0 Å². The Labute approximate surface area is 131 Å². The Bertz CT molecular complexity index is 610. The highest BCUT2D eigenvalue weighted by Crippen LogP contribution is 2.15. The number of Topliss-reactive ketones (excluding diaryl/α,β-unsaturated/α-hetero) is 1. The van der Waals surface area contributed by atoms with E-state index in [1.807, 2.05) is 26.0 Å². The van der Waals surface area contributed by atoms with Gasteiger partial charge in [0.2, 0.25) is 0 Å². The summed E-state index contributed by atoms with van der Waals surface area (Å²) in [5.41, 5.74) is 2.28. The lowest BCUT2D eigenvalue weighted by molar-refractivity contribution is 0.0734. The SMILES string of the molecule is CC.CCc1ccc(C(=O)Oc2ccc(C(C)=O)cc2)cc1. The molecular weight excluding hydrogens is 276 g/mol. The summed E-state index contributed by atoms with van der Waals surface area (Å²) in [6.45, 7) is 7.56. The topological polar surface area (TPSA) is 43.4 Å². The minimum absolute atomic E-state index is 0.0157. The van der Waals surface area contributed by atoms with Crippen molar-refractivity contribution in [1.82, 2.24) is 0 Å². The predicted octanol–water partition coefficient (Wildman–Crippen LogP) is 4.70. The largest absolute Gasteiger partial charge is 0.423 e. The summed E-state index contributed by atoms with van der Waals surface area (Å²) in [5, 5.41) is 0. The molecule has 0 atom stereocenters. The zero-order valence-corrected chi connectivity index (χ0v) is 13.6. The second kappa shape index (κ2) is 8.78.